The summed E-state index contributed by atoms with van der Waals surface area (Å²) in [5.74, 6) is 0. The lowest BCUT2D eigenvalue weighted by Crippen LogP contribution is -2.18. The molecule has 0 aliphatic carbocycles. The second-order valence-corrected chi connectivity index (χ2v) is 2.50. The normalized spacial score (nSPS) is 13.2. The summed E-state index contributed by atoms with van der Waals surface area (Å²) < 4.78 is 36.4. The second-order valence-electron chi connectivity index (χ2n) is 1.61. The van der Waals surface area contributed by atoms with Crippen molar-refractivity contribution in [3.8, 4) is 0 Å². The van der Waals surface area contributed by atoms with E-state index in [4.69, 9.17) is 28.0 Å². The highest BCUT2D eigenvalue weighted by atomic mass is 32.3. The Hall–Kier alpha value is -0.210. The first kappa shape index (κ1) is 13.4. The van der Waals surface area contributed by atoms with E-state index in [2.05, 4.69) is 0 Å². The Morgan fingerprint density at radius 1 is 1.55 bits per heavy atom. The third kappa shape index (κ3) is 76.3. The number of ether oxygens (including phenoxy) is 1. The van der Waals surface area contributed by atoms with Crippen LogP contribution < -0.4 is 5.73 Å². The molecule has 0 rings (SSSR count). The Labute approximate surface area is 65.9 Å². The lowest BCUT2D eigenvalue weighted by atomic mass is 10.7. The average molecular weight is 187 g/mol. The molecule has 0 amide bonds. The van der Waals surface area contributed by atoms with E-state index in [-0.39, 0.29) is 6.23 Å². The van der Waals surface area contributed by atoms with Crippen LogP contribution in [0.2, 0.25) is 0 Å². The van der Waals surface area contributed by atoms with Crippen molar-refractivity contribution < 1.29 is 22.3 Å². The highest BCUT2D eigenvalue weighted by molar-refractivity contribution is 7.79. The van der Waals surface area contributed by atoms with Gasteiger partial charge in [-0.15, -0.1) is 0 Å². The largest absolute Gasteiger partial charge is 0.394 e. The Bertz CT molecular complexity index is 155. The predicted molar refractivity (Wildman–Crippen MR) is 39.5 cm³/mol. The molecule has 7 heteroatoms. The SMILES string of the molecule is CCOC(C)N.O=S(=O)(O)O. The fourth-order valence-corrected chi connectivity index (χ4v) is 0.263. The minimum atomic E-state index is -4.67. The Kier molecular flexibility index (Phi) is 7.91. The molecule has 0 aliphatic heterocycles. The number of hydrogen-bond donors (Lipinski definition) is 3. The molecule has 11 heavy (non-hydrogen) atoms. The van der Waals surface area contributed by atoms with Crippen molar-refractivity contribution >= 4 is 10.4 Å². The fourth-order valence-electron chi connectivity index (χ4n) is 0.263. The van der Waals surface area contributed by atoms with Crippen LogP contribution in [0.4, 0.5) is 0 Å². The fraction of sp³-hybridized carbons (Fsp3) is 1.00. The van der Waals surface area contributed by atoms with Crippen molar-refractivity contribution in [2.24, 2.45) is 5.73 Å². The van der Waals surface area contributed by atoms with Gasteiger partial charge in [0.2, 0.25) is 0 Å². The number of nitrogens with two attached hydrogens (primary N) is 1. The Morgan fingerprint density at radius 3 is 1.82 bits per heavy atom. The molecule has 1 atom stereocenters. The zero-order chi connectivity index (χ0) is 9.49. The molecule has 70 valence electrons. The summed E-state index contributed by atoms with van der Waals surface area (Å²) in [6, 6.07) is 0. The van der Waals surface area contributed by atoms with Crippen molar-refractivity contribution in [1.29, 1.82) is 0 Å². The summed E-state index contributed by atoms with van der Waals surface area (Å²) in [5.41, 5.74) is 5.18. The second kappa shape index (κ2) is 6.50. The van der Waals surface area contributed by atoms with Gasteiger partial charge in [0.05, 0.1) is 0 Å². The van der Waals surface area contributed by atoms with Crippen molar-refractivity contribution in [3.05, 3.63) is 0 Å². The van der Waals surface area contributed by atoms with Gasteiger partial charge in [0.25, 0.3) is 0 Å². The minimum Gasteiger partial charge on any atom is -0.364 e. The van der Waals surface area contributed by atoms with E-state index in [9.17, 15) is 0 Å². The summed E-state index contributed by atoms with van der Waals surface area (Å²) in [6.07, 6.45) is -0.102. The molecule has 0 radical (unpaired) electrons. The van der Waals surface area contributed by atoms with Gasteiger partial charge in [0.1, 0.15) is 6.23 Å². The van der Waals surface area contributed by atoms with Crippen LogP contribution in [-0.2, 0) is 15.1 Å². The van der Waals surface area contributed by atoms with E-state index in [0.717, 1.165) is 0 Å². The first-order valence-corrected chi connectivity index (χ1v) is 4.24. The van der Waals surface area contributed by atoms with Crippen molar-refractivity contribution in [1.82, 2.24) is 0 Å². The van der Waals surface area contributed by atoms with E-state index < -0.39 is 10.4 Å². The van der Waals surface area contributed by atoms with Crippen LogP contribution in [0.1, 0.15) is 13.8 Å². The maximum atomic E-state index is 8.74. The van der Waals surface area contributed by atoms with E-state index in [1.54, 1.807) is 0 Å². The smallest absolute Gasteiger partial charge is 0.364 e. The molecule has 0 saturated carbocycles. The van der Waals surface area contributed by atoms with Gasteiger partial charge in [-0.2, -0.15) is 8.42 Å². The van der Waals surface area contributed by atoms with Gasteiger partial charge in [-0.1, -0.05) is 0 Å². The standard InChI is InChI=1S/C4H11NO.H2O4S/c1-3-6-4(2)5;1-5(2,3)4/h4H,3,5H2,1-2H3;(H2,1,2,3,4). The van der Waals surface area contributed by atoms with Crippen molar-refractivity contribution in [3.63, 3.8) is 0 Å². The predicted octanol–water partition coefficient (Wildman–Crippen LogP) is -0.325. The molecular formula is C4H13NO5S. The van der Waals surface area contributed by atoms with Crippen molar-refractivity contribution in [2.45, 2.75) is 20.1 Å². The number of hydrogen-bond acceptors (Lipinski definition) is 4. The molecular weight excluding hydrogens is 174 g/mol. The molecule has 0 fully saturated rings. The maximum Gasteiger partial charge on any atom is 0.394 e. The molecule has 1 unspecified atom stereocenters. The minimum absolute atomic E-state index is 0.102. The van der Waals surface area contributed by atoms with Crippen LogP contribution in [0.25, 0.3) is 0 Å². The molecule has 0 spiro atoms. The number of rotatable bonds is 2. The highest BCUT2D eigenvalue weighted by Crippen LogP contribution is 1.74. The van der Waals surface area contributed by atoms with Crippen LogP contribution in [0, 0.1) is 0 Å². The first-order chi connectivity index (χ1) is 4.77. The van der Waals surface area contributed by atoms with Crippen LogP contribution in [0.15, 0.2) is 0 Å². The molecule has 0 saturated heterocycles. The van der Waals surface area contributed by atoms with Gasteiger partial charge < -0.3 is 10.5 Å². The van der Waals surface area contributed by atoms with Crippen LogP contribution in [0.3, 0.4) is 0 Å². The lowest BCUT2D eigenvalue weighted by Gasteiger charge is -2.00. The van der Waals surface area contributed by atoms with Crippen LogP contribution >= 0.6 is 0 Å². The topological polar surface area (TPSA) is 110 Å². The molecule has 4 N–H and O–H groups in total. The van der Waals surface area contributed by atoms with Gasteiger partial charge in [0, 0.05) is 6.61 Å². The third-order valence-corrected chi connectivity index (χ3v) is 0.430. The molecule has 0 aromatic carbocycles. The summed E-state index contributed by atoms with van der Waals surface area (Å²) >= 11 is 0. The zero-order valence-corrected chi connectivity index (χ0v) is 7.21. The summed E-state index contributed by atoms with van der Waals surface area (Å²) in [5, 5.41) is 0. The molecule has 0 aromatic heterocycles. The van der Waals surface area contributed by atoms with Gasteiger partial charge in [0.15, 0.2) is 0 Å². The molecule has 0 aromatic rings. The Morgan fingerprint density at radius 2 is 1.82 bits per heavy atom. The highest BCUT2D eigenvalue weighted by Gasteiger charge is 1.84. The summed E-state index contributed by atoms with van der Waals surface area (Å²) in [7, 11) is -4.67. The van der Waals surface area contributed by atoms with Gasteiger partial charge in [-0.25, -0.2) is 0 Å². The third-order valence-electron chi connectivity index (χ3n) is 0.430. The van der Waals surface area contributed by atoms with E-state index in [1.165, 1.54) is 0 Å². The first-order valence-electron chi connectivity index (χ1n) is 2.84. The Balaban J connectivity index is 0. The lowest BCUT2D eigenvalue weighted by molar-refractivity contribution is 0.0814. The summed E-state index contributed by atoms with van der Waals surface area (Å²) in [6.45, 7) is 4.44. The van der Waals surface area contributed by atoms with E-state index in [1.807, 2.05) is 13.8 Å². The van der Waals surface area contributed by atoms with E-state index >= 15 is 0 Å². The maximum absolute atomic E-state index is 8.74. The van der Waals surface area contributed by atoms with Crippen LogP contribution in [-0.4, -0.2) is 30.4 Å². The average Bonchev–Trinajstić information content (AvgIpc) is 1.58. The quantitative estimate of drug-likeness (QED) is 0.403. The van der Waals surface area contributed by atoms with Crippen LogP contribution in [0.5, 0.6) is 0 Å². The van der Waals surface area contributed by atoms with Gasteiger partial charge in [-0.05, 0) is 13.8 Å². The van der Waals surface area contributed by atoms with Gasteiger partial charge >= 0.3 is 10.4 Å². The van der Waals surface area contributed by atoms with E-state index in [0.29, 0.717) is 6.61 Å². The molecule has 6 nitrogen and oxygen atoms in total. The molecule has 0 aliphatic rings. The zero-order valence-electron chi connectivity index (χ0n) is 6.39. The van der Waals surface area contributed by atoms with Gasteiger partial charge in [-0.3, -0.25) is 9.11 Å². The monoisotopic (exact) mass is 187 g/mol. The van der Waals surface area contributed by atoms with Crippen molar-refractivity contribution in [2.75, 3.05) is 6.61 Å². The molecule has 0 bridgehead atoms. The summed E-state index contributed by atoms with van der Waals surface area (Å²) in [4.78, 5) is 0. The molecule has 0 heterocycles.